The molecule has 1 saturated heterocycles. The Kier molecular flexibility index (Phi) is 4.78. The summed E-state index contributed by atoms with van der Waals surface area (Å²) >= 11 is 0.153. The van der Waals surface area contributed by atoms with E-state index in [2.05, 4.69) is 78.1 Å². The maximum atomic E-state index is 12.9. The number of hydrogen-bond acceptors (Lipinski definition) is 1. The molecule has 0 saturated carbocycles. The zero-order valence-corrected chi connectivity index (χ0v) is 16.9. The van der Waals surface area contributed by atoms with Crippen LogP contribution in [0.2, 0.25) is 3.21 Å². The number of benzene rings is 3. The average Bonchev–Trinajstić information content (AvgIpc) is 2.68. The summed E-state index contributed by atoms with van der Waals surface area (Å²) in [5.74, 6) is 0.203. The summed E-state index contributed by atoms with van der Waals surface area (Å²) in [5, 5.41) is 3.18. The van der Waals surface area contributed by atoms with Crippen molar-refractivity contribution in [1.82, 2.24) is 5.32 Å². The van der Waals surface area contributed by atoms with E-state index < -0.39 is 0 Å². The molecule has 1 N–H and O–H groups in total. The second kappa shape index (κ2) is 7.19. The Hall–Kier alpha value is -1.83. The number of amides is 1. The van der Waals surface area contributed by atoms with Crippen molar-refractivity contribution < 1.29 is 4.79 Å². The fourth-order valence-electron chi connectivity index (χ4n) is 2.89. The van der Waals surface area contributed by atoms with Crippen LogP contribution < -0.4 is 14.2 Å². The molecule has 0 unspecified atom stereocenters. The van der Waals surface area contributed by atoms with Gasteiger partial charge in [-0.3, -0.25) is 0 Å². The van der Waals surface area contributed by atoms with E-state index in [9.17, 15) is 4.79 Å². The summed E-state index contributed by atoms with van der Waals surface area (Å²) in [6.45, 7) is 0. The number of hydrogen-bond donors (Lipinski definition) is 1. The molecule has 1 aliphatic rings. The summed E-state index contributed by atoms with van der Waals surface area (Å²) in [7, 11) is 0. The van der Waals surface area contributed by atoms with E-state index in [4.69, 9.17) is 0 Å². The quantitative estimate of drug-likeness (QED) is 0.461. The molecule has 1 aliphatic heterocycles. The topological polar surface area (TPSA) is 29.1 Å². The molecule has 0 bridgehead atoms. The summed E-state index contributed by atoms with van der Waals surface area (Å²) in [6, 6.07) is 31.4. The van der Waals surface area contributed by atoms with Gasteiger partial charge in [0, 0.05) is 0 Å². The molecule has 1 heterocycles. The Morgan fingerprint density at radius 1 is 0.680 bits per heavy atom. The minimum atomic E-state index is -0.315. The maximum absolute atomic E-state index is 12.9. The third-order valence-electron chi connectivity index (χ3n) is 4.13. The molecule has 2 nitrogen and oxygen atoms in total. The molecule has 1 amide bonds. The van der Waals surface area contributed by atoms with Crippen molar-refractivity contribution in [3.8, 4) is 0 Å². The Morgan fingerprint density at radius 3 is 1.56 bits per heavy atom. The number of carbonyl (C=O) groups is 1. The van der Waals surface area contributed by atoms with Gasteiger partial charge in [-0.2, -0.15) is 0 Å². The summed E-state index contributed by atoms with van der Waals surface area (Å²) in [4.78, 5) is 12.9. The number of rotatable bonds is 5. The van der Waals surface area contributed by atoms with Crippen LogP contribution in [-0.4, -0.2) is 35.8 Å². The van der Waals surface area contributed by atoms with Gasteiger partial charge in [0.15, 0.2) is 0 Å². The first-order valence-electron chi connectivity index (χ1n) is 8.12. The monoisotopic (exact) mass is 459 g/mol. The molecule has 0 spiro atoms. The van der Waals surface area contributed by atoms with E-state index in [1.807, 2.05) is 18.2 Å². The van der Waals surface area contributed by atoms with E-state index in [-0.39, 0.29) is 45.1 Å². The van der Waals surface area contributed by atoms with Crippen molar-refractivity contribution >= 4 is 44.7 Å². The molecular formula is C21H17NOSe2. The molecule has 0 radical (unpaired) electrons. The van der Waals surface area contributed by atoms with Gasteiger partial charge in [0.2, 0.25) is 0 Å². The van der Waals surface area contributed by atoms with Crippen molar-refractivity contribution in [2.24, 2.45) is 0 Å². The van der Waals surface area contributed by atoms with Crippen LogP contribution in [0.3, 0.4) is 0 Å². The van der Waals surface area contributed by atoms with Crippen LogP contribution in [0.4, 0.5) is 0 Å². The van der Waals surface area contributed by atoms with Crippen LogP contribution >= 0.6 is 0 Å². The van der Waals surface area contributed by atoms with Gasteiger partial charge in [0.05, 0.1) is 0 Å². The fraction of sp³-hybridized carbons (Fsp3) is 0.0952. The van der Waals surface area contributed by atoms with Crippen LogP contribution in [0.1, 0.15) is 11.6 Å². The van der Waals surface area contributed by atoms with Crippen LogP contribution in [0.5, 0.6) is 0 Å². The predicted octanol–water partition coefficient (Wildman–Crippen LogP) is 2.03. The van der Waals surface area contributed by atoms with Gasteiger partial charge in [-0.1, -0.05) is 0 Å². The van der Waals surface area contributed by atoms with Gasteiger partial charge in [-0.05, 0) is 0 Å². The van der Waals surface area contributed by atoms with Crippen LogP contribution in [0.15, 0.2) is 91.0 Å². The molecule has 3 aromatic rings. The number of β-lactam (4-membered cyclic amide) rings is 1. The molecule has 3 aromatic carbocycles. The van der Waals surface area contributed by atoms with Crippen LogP contribution in [0.25, 0.3) is 0 Å². The van der Waals surface area contributed by atoms with Gasteiger partial charge in [0.25, 0.3) is 0 Å². The van der Waals surface area contributed by atoms with E-state index in [1.165, 1.54) is 14.5 Å². The molecule has 0 aliphatic carbocycles. The molecular weight excluding hydrogens is 440 g/mol. The van der Waals surface area contributed by atoms with Crippen molar-refractivity contribution in [3.63, 3.8) is 0 Å². The first-order chi connectivity index (χ1) is 12.3. The van der Waals surface area contributed by atoms with Gasteiger partial charge in [-0.15, -0.1) is 0 Å². The summed E-state index contributed by atoms with van der Waals surface area (Å²) < 4.78 is 2.25. The normalized spacial score (nSPS) is 18.2. The van der Waals surface area contributed by atoms with Crippen LogP contribution in [-0.2, 0) is 4.79 Å². The zero-order chi connectivity index (χ0) is 17.1. The van der Waals surface area contributed by atoms with Gasteiger partial charge >= 0.3 is 161 Å². The Morgan fingerprint density at radius 2 is 1.12 bits per heavy atom. The van der Waals surface area contributed by atoms with Crippen molar-refractivity contribution in [1.29, 1.82) is 0 Å². The zero-order valence-electron chi connectivity index (χ0n) is 13.5. The number of carbonyl (C=O) groups excluding carboxylic acids is 1. The summed E-state index contributed by atoms with van der Waals surface area (Å²) in [6.07, 6.45) is 0. The second-order valence-corrected chi connectivity index (χ2v) is 12.7. The third-order valence-corrected chi connectivity index (χ3v) is 11.1. The minimum absolute atomic E-state index is 0.0763. The molecule has 0 aromatic heterocycles. The Balaban J connectivity index is 1.73. The van der Waals surface area contributed by atoms with Crippen molar-refractivity contribution in [2.45, 2.75) is 9.25 Å². The average molecular weight is 457 g/mol. The van der Waals surface area contributed by atoms with Gasteiger partial charge < -0.3 is 0 Å². The molecule has 4 heteroatoms. The van der Waals surface area contributed by atoms with E-state index in [1.54, 1.807) is 0 Å². The molecule has 124 valence electrons. The Bertz CT molecular complexity index is 811. The first kappa shape index (κ1) is 16.6. The standard InChI is InChI=1S/C21H17NOSe2/c23-20-21(24-17-12-6-2-7-13-17,25-18-14-8-3-9-15-18)19(22-20)16-10-4-1-5-11-16/h1-15,19H,(H,22,23)/t19-/m1/s1. The second-order valence-electron chi connectivity index (χ2n) is 5.81. The predicted molar refractivity (Wildman–Crippen MR) is 104 cm³/mol. The molecule has 1 fully saturated rings. The van der Waals surface area contributed by atoms with E-state index in [0.29, 0.717) is 0 Å². The van der Waals surface area contributed by atoms with Gasteiger partial charge in [0.1, 0.15) is 0 Å². The van der Waals surface area contributed by atoms with Gasteiger partial charge in [-0.25, -0.2) is 0 Å². The summed E-state index contributed by atoms with van der Waals surface area (Å²) in [5.41, 5.74) is 1.21. The molecule has 4 rings (SSSR count). The Labute approximate surface area is 160 Å². The van der Waals surface area contributed by atoms with Crippen molar-refractivity contribution in [3.05, 3.63) is 96.6 Å². The molecule has 25 heavy (non-hydrogen) atoms. The first-order valence-corrected chi connectivity index (χ1v) is 11.5. The fourth-order valence-corrected chi connectivity index (χ4v) is 10.2. The SMILES string of the molecule is O=C1N[C@H](c2ccccc2)C1([Se]c1ccccc1)[Se]c1ccccc1. The van der Waals surface area contributed by atoms with Crippen LogP contribution in [0, 0.1) is 0 Å². The van der Waals surface area contributed by atoms with E-state index in [0.717, 1.165) is 0 Å². The molecule has 1 atom stereocenters. The third kappa shape index (κ3) is 3.31. The number of nitrogens with one attached hydrogen (secondary N) is 1. The van der Waals surface area contributed by atoms with Crippen molar-refractivity contribution in [2.75, 3.05) is 0 Å². The van der Waals surface area contributed by atoms with E-state index >= 15 is 0 Å².